The van der Waals surface area contributed by atoms with Crippen LogP contribution in [0.5, 0.6) is 0 Å². The van der Waals surface area contributed by atoms with E-state index in [-0.39, 0.29) is 0 Å². The van der Waals surface area contributed by atoms with Crippen molar-refractivity contribution in [1.82, 2.24) is 0 Å². The Balaban J connectivity index is 2.36. The van der Waals surface area contributed by atoms with E-state index in [4.69, 9.17) is 5.11 Å². The number of nitrogens with one attached hydrogen (secondary N) is 1. The summed E-state index contributed by atoms with van der Waals surface area (Å²) in [6, 6.07) is 14.7. The Morgan fingerprint density at radius 3 is 2.53 bits per heavy atom. The number of halogens is 1. The first kappa shape index (κ1) is 13.2. The highest BCUT2D eigenvalue weighted by Gasteiger charge is 2.03. The van der Waals surface area contributed by atoms with E-state index >= 15 is 0 Å². The van der Waals surface area contributed by atoms with Crippen LogP contribution >= 0.6 is 15.9 Å². The van der Waals surface area contributed by atoms with E-state index in [0.717, 1.165) is 10.0 Å². The predicted octanol–water partition coefficient (Wildman–Crippen LogP) is 3.94. The van der Waals surface area contributed by atoms with E-state index in [0.29, 0.717) is 11.3 Å². The smallest absolute Gasteiger partial charge is 0.409 e. The zero-order valence-corrected chi connectivity index (χ0v) is 11.4. The van der Waals surface area contributed by atoms with E-state index in [9.17, 15) is 4.79 Å². The maximum Gasteiger partial charge on any atom is 0.409 e. The van der Waals surface area contributed by atoms with Crippen LogP contribution in [-0.4, -0.2) is 11.2 Å². The number of hydrogen-bond donors (Lipinski definition) is 2. The molecule has 0 aromatic heterocycles. The largest absolute Gasteiger partial charge is 0.465 e. The van der Waals surface area contributed by atoms with Crippen LogP contribution in [0.3, 0.4) is 0 Å². The fraction of sp³-hybridized carbons (Fsp3) is 0. The molecule has 0 unspecified atom stereocenters. The van der Waals surface area contributed by atoms with E-state index < -0.39 is 6.09 Å². The molecule has 2 aromatic rings. The van der Waals surface area contributed by atoms with Gasteiger partial charge < -0.3 is 5.11 Å². The van der Waals surface area contributed by atoms with Gasteiger partial charge in [-0.3, -0.25) is 5.32 Å². The van der Waals surface area contributed by atoms with Crippen LogP contribution in [0, 0.1) is 11.8 Å². The molecular formula is C15H10BrNO2. The maximum absolute atomic E-state index is 10.7. The van der Waals surface area contributed by atoms with Gasteiger partial charge in [0.2, 0.25) is 0 Å². The summed E-state index contributed by atoms with van der Waals surface area (Å²) in [5.74, 6) is 5.97. The second-order valence-corrected chi connectivity index (χ2v) is 4.65. The average Bonchev–Trinajstić information content (AvgIpc) is 2.40. The lowest BCUT2D eigenvalue weighted by molar-refractivity contribution is 0.209. The van der Waals surface area contributed by atoms with Gasteiger partial charge in [-0.15, -0.1) is 0 Å². The summed E-state index contributed by atoms with van der Waals surface area (Å²) in [6.07, 6.45) is -1.11. The molecule has 0 aliphatic rings. The van der Waals surface area contributed by atoms with Crippen LogP contribution in [0.15, 0.2) is 53.0 Å². The maximum atomic E-state index is 10.7. The molecule has 0 aliphatic heterocycles. The van der Waals surface area contributed by atoms with Gasteiger partial charge in [-0.1, -0.05) is 46.0 Å². The number of hydrogen-bond acceptors (Lipinski definition) is 1. The van der Waals surface area contributed by atoms with Crippen molar-refractivity contribution in [3.8, 4) is 11.8 Å². The highest BCUT2D eigenvalue weighted by Crippen LogP contribution is 2.20. The van der Waals surface area contributed by atoms with Gasteiger partial charge in [-0.05, 0) is 30.3 Å². The third-order valence-corrected chi connectivity index (χ3v) is 2.83. The Bertz CT molecular complexity index is 657. The zero-order valence-electron chi connectivity index (χ0n) is 9.85. The SMILES string of the molecule is O=C(O)Nc1ccc(Br)cc1C#Cc1ccccc1. The molecule has 0 fully saturated rings. The Morgan fingerprint density at radius 1 is 1.11 bits per heavy atom. The minimum Gasteiger partial charge on any atom is -0.465 e. The van der Waals surface area contributed by atoms with Gasteiger partial charge in [0.15, 0.2) is 0 Å². The normalized spacial score (nSPS) is 9.32. The summed E-state index contributed by atoms with van der Waals surface area (Å²) < 4.78 is 0.848. The third kappa shape index (κ3) is 3.87. The number of carboxylic acid groups (broad SMARTS) is 1. The van der Waals surface area contributed by atoms with Gasteiger partial charge in [0.05, 0.1) is 5.69 Å². The van der Waals surface area contributed by atoms with Crippen LogP contribution in [0.25, 0.3) is 0 Å². The summed E-state index contributed by atoms with van der Waals surface area (Å²) in [6.45, 7) is 0. The standard InChI is InChI=1S/C15H10BrNO2/c16-13-8-9-14(17-15(18)19)12(10-13)7-6-11-4-2-1-3-5-11/h1-5,8-10,17H,(H,18,19). The number of amides is 1. The molecule has 19 heavy (non-hydrogen) atoms. The van der Waals surface area contributed by atoms with Gasteiger partial charge in [0.1, 0.15) is 0 Å². The molecule has 0 aliphatic carbocycles. The molecule has 0 heterocycles. The topological polar surface area (TPSA) is 49.3 Å². The Kier molecular flexibility index (Phi) is 4.22. The number of anilines is 1. The van der Waals surface area contributed by atoms with Gasteiger partial charge in [-0.2, -0.15) is 0 Å². The van der Waals surface area contributed by atoms with Crippen molar-refractivity contribution in [2.75, 3.05) is 5.32 Å². The summed E-state index contributed by atoms with van der Waals surface area (Å²) in [5.41, 5.74) is 1.98. The molecule has 0 radical (unpaired) electrons. The fourth-order valence-corrected chi connectivity index (χ4v) is 1.87. The van der Waals surface area contributed by atoms with Crippen molar-refractivity contribution in [2.24, 2.45) is 0 Å². The first-order valence-corrected chi connectivity index (χ1v) is 6.31. The fourth-order valence-electron chi connectivity index (χ4n) is 1.51. The second-order valence-electron chi connectivity index (χ2n) is 3.74. The molecule has 0 saturated heterocycles. The molecule has 4 heteroatoms. The molecule has 0 saturated carbocycles. The van der Waals surface area contributed by atoms with Gasteiger partial charge in [0.25, 0.3) is 0 Å². The second kappa shape index (κ2) is 6.07. The first-order valence-electron chi connectivity index (χ1n) is 5.52. The molecule has 0 bridgehead atoms. The third-order valence-electron chi connectivity index (χ3n) is 2.34. The lowest BCUT2D eigenvalue weighted by Gasteiger charge is -2.04. The van der Waals surface area contributed by atoms with Crippen molar-refractivity contribution in [3.63, 3.8) is 0 Å². The minimum absolute atomic E-state index is 0.471. The van der Waals surface area contributed by atoms with Gasteiger partial charge in [0, 0.05) is 15.6 Å². The zero-order chi connectivity index (χ0) is 13.7. The summed E-state index contributed by atoms with van der Waals surface area (Å²) in [7, 11) is 0. The predicted molar refractivity (Wildman–Crippen MR) is 78.2 cm³/mol. The molecule has 1 amide bonds. The molecule has 3 nitrogen and oxygen atoms in total. The van der Waals surface area contributed by atoms with Crippen LogP contribution in [0.4, 0.5) is 10.5 Å². The minimum atomic E-state index is -1.11. The molecule has 0 spiro atoms. The molecule has 2 aromatic carbocycles. The van der Waals surface area contributed by atoms with Crippen LogP contribution in [0.1, 0.15) is 11.1 Å². The van der Waals surface area contributed by atoms with Crippen LogP contribution in [0.2, 0.25) is 0 Å². The van der Waals surface area contributed by atoms with Gasteiger partial charge >= 0.3 is 6.09 Å². The summed E-state index contributed by atoms with van der Waals surface area (Å²) >= 11 is 3.35. The first-order chi connectivity index (χ1) is 9.15. The van der Waals surface area contributed by atoms with E-state index in [1.54, 1.807) is 18.2 Å². The average molecular weight is 316 g/mol. The van der Waals surface area contributed by atoms with Crippen molar-refractivity contribution < 1.29 is 9.90 Å². The molecule has 2 rings (SSSR count). The number of carbonyl (C=O) groups is 1. The van der Waals surface area contributed by atoms with Crippen molar-refractivity contribution in [3.05, 3.63) is 64.1 Å². The Hall–Kier alpha value is -2.25. The van der Waals surface area contributed by atoms with E-state index in [1.807, 2.05) is 30.3 Å². The quantitative estimate of drug-likeness (QED) is 0.783. The van der Waals surface area contributed by atoms with E-state index in [1.165, 1.54) is 0 Å². The van der Waals surface area contributed by atoms with Crippen molar-refractivity contribution >= 4 is 27.7 Å². The van der Waals surface area contributed by atoms with Crippen molar-refractivity contribution in [1.29, 1.82) is 0 Å². The Labute approximate surface area is 119 Å². The summed E-state index contributed by atoms with van der Waals surface area (Å²) in [5, 5.41) is 11.1. The molecule has 0 atom stereocenters. The number of rotatable bonds is 1. The van der Waals surface area contributed by atoms with Crippen LogP contribution < -0.4 is 5.32 Å². The molecule has 94 valence electrons. The molecule has 2 N–H and O–H groups in total. The number of benzene rings is 2. The monoisotopic (exact) mass is 315 g/mol. The van der Waals surface area contributed by atoms with Crippen LogP contribution in [-0.2, 0) is 0 Å². The molecular weight excluding hydrogens is 306 g/mol. The lowest BCUT2D eigenvalue weighted by atomic mass is 10.1. The highest BCUT2D eigenvalue weighted by atomic mass is 79.9. The summed E-state index contributed by atoms with van der Waals surface area (Å²) in [4.78, 5) is 10.7. The lowest BCUT2D eigenvalue weighted by Crippen LogP contribution is -2.08. The van der Waals surface area contributed by atoms with Crippen molar-refractivity contribution in [2.45, 2.75) is 0 Å². The Morgan fingerprint density at radius 2 is 1.84 bits per heavy atom. The highest BCUT2D eigenvalue weighted by molar-refractivity contribution is 9.10. The van der Waals surface area contributed by atoms with E-state index in [2.05, 4.69) is 33.1 Å². The van der Waals surface area contributed by atoms with Gasteiger partial charge in [-0.25, -0.2) is 4.79 Å².